The monoisotopic (exact) mass is 298 g/mol. The smallest absolute Gasteiger partial charge is 0.0858 e. The highest BCUT2D eigenvalue weighted by atomic mass is 16.3. The summed E-state index contributed by atoms with van der Waals surface area (Å²) in [5.41, 5.74) is 3.38. The van der Waals surface area contributed by atoms with E-state index in [0.29, 0.717) is 0 Å². The number of rotatable bonds is 3. The molecule has 2 aliphatic heterocycles. The van der Waals surface area contributed by atoms with Crippen LogP contribution in [0.3, 0.4) is 0 Å². The molecule has 2 aromatic rings. The Kier molecular flexibility index (Phi) is 3.50. The van der Waals surface area contributed by atoms with Crippen molar-refractivity contribution >= 4 is 10.9 Å². The average molecular weight is 298 g/mol. The lowest BCUT2D eigenvalue weighted by Gasteiger charge is -2.49. The van der Waals surface area contributed by atoms with Crippen LogP contribution in [0.2, 0.25) is 0 Å². The maximum Gasteiger partial charge on any atom is 0.0858 e. The molecule has 2 N–H and O–H groups in total. The molecule has 0 spiro atoms. The molecule has 2 unspecified atom stereocenters. The second-order valence-corrected chi connectivity index (χ2v) is 7.06. The van der Waals surface area contributed by atoms with Gasteiger partial charge in [0.25, 0.3) is 0 Å². The molecule has 22 heavy (non-hydrogen) atoms. The number of benzene rings is 1. The highest BCUT2D eigenvalue weighted by molar-refractivity contribution is 5.85. The third-order valence-electron chi connectivity index (χ3n) is 5.66. The fourth-order valence-electron chi connectivity index (χ4n) is 4.61. The van der Waals surface area contributed by atoms with Crippen molar-refractivity contribution < 1.29 is 5.11 Å². The third-order valence-corrected chi connectivity index (χ3v) is 5.66. The van der Waals surface area contributed by atoms with Crippen LogP contribution in [-0.2, 0) is 6.42 Å². The zero-order valence-corrected chi connectivity index (χ0v) is 13.4. The number of aromatic nitrogens is 1. The van der Waals surface area contributed by atoms with Gasteiger partial charge in [0.1, 0.15) is 0 Å². The molecule has 3 nitrogen and oxygen atoms in total. The normalized spacial score (nSPS) is 28.5. The number of para-hydroxylation sites is 1. The lowest BCUT2D eigenvalue weighted by Crippen LogP contribution is -2.53. The van der Waals surface area contributed by atoms with Gasteiger partial charge in [0, 0.05) is 23.1 Å². The van der Waals surface area contributed by atoms with E-state index in [1.54, 1.807) is 0 Å². The molecule has 118 valence electrons. The van der Waals surface area contributed by atoms with Crippen LogP contribution in [0.25, 0.3) is 10.9 Å². The van der Waals surface area contributed by atoms with Crippen LogP contribution in [-0.4, -0.2) is 33.7 Å². The molecule has 0 saturated carbocycles. The van der Waals surface area contributed by atoms with Crippen LogP contribution >= 0.6 is 0 Å². The Bertz CT molecular complexity index is 677. The minimum absolute atomic E-state index is 0.156. The zero-order valence-electron chi connectivity index (χ0n) is 13.4. The molecular weight excluding hydrogens is 272 g/mol. The Balaban J connectivity index is 1.81. The van der Waals surface area contributed by atoms with E-state index in [0.717, 1.165) is 51.6 Å². The first kappa shape index (κ1) is 14.3. The number of nitrogens with zero attached hydrogens (tertiary/aromatic N) is 1. The van der Waals surface area contributed by atoms with Gasteiger partial charge in [-0.1, -0.05) is 38.0 Å². The molecule has 3 heteroatoms. The Hall–Kier alpha value is -1.32. The van der Waals surface area contributed by atoms with Gasteiger partial charge in [0.05, 0.1) is 11.6 Å². The van der Waals surface area contributed by atoms with Gasteiger partial charge in [-0.05, 0) is 43.9 Å². The average Bonchev–Trinajstić information content (AvgIpc) is 2.91. The maximum absolute atomic E-state index is 11.4. The lowest BCUT2D eigenvalue weighted by molar-refractivity contribution is -0.0942. The van der Waals surface area contributed by atoms with E-state index in [4.69, 9.17) is 0 Å². The van der Waals surface area contributed by atoms with Crippen LogP contribution < -0.4 is 0 Å². The topological polar surface area (TPSA) is 39.3 Å². The summed E-state index contributed by atoms with van der Waals surface area (Å²) >= 11 is 0. The van der Waals surface area contributed by atoms with Gasteiger partial charge >= 0.3 is 0 Å². The number of nitrogens with one attached hydrogen (secondary N) is 1. The molecule has 2 aliphatic rings. The first-order chi connectivity index (χ1) is 10.7. The number of hydrogen-bond donors (Lipinski definition) is 2. The van der Waals surface area contributed by atoms with Crippen molar-refractivity contribution in [3.8, 4) is 0 Å². The van der Waals surface area contributed by atoms with Crippen LogP contribution in [0.1, 0.15) is 56.3 Å². The van der Waals surface area contributed by atoms with Crippen LogP contribution in [0.15, 0.2) is 24.3 Å². The lowest BCUT2D eigenvalue weighted by atomic mass is 9.76. The van der Waals surface area contributed by atoms with E-state index in [1.165, 1.54) is 22.2 Å². The number of unbranched alkanes of at least 4 members (excludes halogenated alkanes) is 1. The quantitative estimate of drug-likeness (QED) is 0.905. The predicted molar refractivity (Wildman–Crippen MR) is 90.0 cm³/mol. The molecule has 0 aliphatic carbocycles. The second-order valence-electron chi connectivity index (χ2n) is 7.06. The molecule has 1 saturated heterocycles. The maximum atomic E-state index is 11.4. The minimum atomic E-state index is -0.565. The number of aromatic amines is 1. The summed E-state index contributed by atoms with van der Waals surface area (Å²) < 4.78 is 0. The fraction of sp³-hybridized carbons (Fsp3) is 0.579. The third kappa shape index (κ3) is 2.10. The molecule has 0 radical (unpaired) electrons. The van der Waals surface area contributed by atoms with E-state index in [9.17, 15) is 5.11 Å². The van der Waals surface area contributed by atoms with E-state index in [2.05, 4.69) is 41.1 Å². The largest absolute Gasteiger partial charge is 0.388 e. The van der Waals surface area contributed by atoms with Gasteiger partial charge in [0.15, 0.2) is 0 Å². The van der Waals surface area contributed by atoms with E-state index >= 15 is 0 Å². The number of hydrogen-bond acceptors (Lipinski definition) is 2. The predicted octanol–water partition coefficient (Wildman–Crippen LogP) is 3.78. The summed E-state index contributed by atoms with van der Waals surface area (Å²) in [4.78, 5) is 6.16. The summed E-state index contributed by atoms with van der Waals surface area (Å²) in [6.45, 7) is 4.40. The van der Waals surface area contributed by atoms with Crippen molar-refractivity contribution in [2.45, 2.75) is 57.1 Å². The van der Waals surface area contributed by atoms with E-state index in [-0.39, 0.29) is 6.04 Å². The summed E-state index contributed by atoms with van der Waals surface area (Å²) in [5.74, 6) is 0. The molecule has 1 aromatic carbocycles. The molecule has 0 amide bonds. The van der Waals surface area contributed by atoms with Gasteiger partial charge in [-0.25, -0.2) is 0 Å². The second kappa shape index (κ2) is 5.39. The Morgan fingerprint density at radius 2 is 2.18 bits per heavy atom. The summed E-state index contributed by atoms with van der Waals surface area (Å²) in [5, 5.41) is 12.8. The van der Waals surface area contributed by atoms with Gasteiger partial charge < -0.3 is 10.1 Å². The van der Waals surface area contributed by atoms with E-state index < -0.39 is 5.60 Å². The van der Waals surface area contributed by atoms with Crippen molar-refractivity contribution in [3.63, 3.8) is 0 Å². The Morgan fingerprint density at radius 3 is 3.05 bits per heavy atom. The standard InChI is InChI=1S/C19H26N2O/c1-2-3-10-19(22)11-6-12-21-13-9-15-14-7-4-5-8-16(14)20-17(15)18(19)21/h4-5,7-8,18,20,22H,2-3,6,9-13H2,1H3. The van der Waals surface area contributed by atoms with Crippen LogP contribution in [0.5, 0.6) is 0 Å². The number of fused-ring (bicyclic) bond motifs is 5. The molecule has 4 rings (SSSR count). The van der Waals surface area contributed by atoms with Gasteiger partial charge in [-0.3, -0.25) is 4.90 Å². The minimum Gasteiger partial charge on any atom is -0.388 e. The summed E-state index contributed by atoms with van der Waals surface area (Å²) in [7, 11) is 0. The number of aliphatic hydroxyl groups is 1. The molecule has 0 bridgehead atoms. The van der Waals surface area contributed by atoms with Crippen molar-refractivity contribution in [2.75, 3.05) is 13.1 Å². The first-order valence-electron chi connectivity index (χ1n) is 8.79. The summed E-state index contributed by atoms with van der Waals surface area (Å²) in [6, 6.07) is 8.74. The molecule has 2 atom stereocenters. The highest BCUT2D eigenvalue weighted by Gasteiger charge is 2.46. The van der Waals surface area contributed by atoms with Crippen LogP contribution in [0, 0.1) is 0 Å². The Morgan fingerprint density at radius 1 is 1.32 bits per heavy atom. The van der Waals surface area contributed by atoms with Gasteiger partial charge in [-0.2, -0.15) is 0 Å². The number of piperidine rings is 1. The highest BCUT2D eigenvalue weighted by Crippen LogP contribution is 2.46. The van der Waals surface area contributed by atoms with Crippen molar-refractivity contribution in [1.29, 1.82) is 0 Å². The van der Waals surface area contributed by atoms with Crippen molar-refractivity contribution in [3.05, 3.63) is 35.5 Å². The van der Waals surface area contributed by atoms with Gasteiger partial charge in [-0.15, -0.1) is 0 Å². The molecule has 1 aromatic heterocycles. The fourth-order valence-corrected chi connectivity index (χ4v) is 4.61. The number of H-pyrrole nitrogens is 1. The zero-order chi connectivity index (χ0) is 15.2. The summed E-state index contributed by atoms with van der Waals surface area (Å²) in [6.07, 6.45) is 6.32. The van der Waals surface area contributed by atoms with Crippen molar-refractivity contribution in [1.82, 2.24) is 9.88 Å². The van der Waals surface area contributed by atoms with E-state index in [1.807, 2.05) is 0 Å². The molecule has 3 heterocycles. The van der Waals surface area contributed by atoms with Crippen molar-refractivity contribution in [2.24, 2.45) is 0 Å². The SMILES string of the molecule is CCCCC1(O)CCCN2CCc3c([nH]c4ccccc34)C21. The Labute approximate surface area is 132 Å². The van der Waals surface area contributed by atoms with Gasteiger partial charge in [0.2, 0.25) is 0 Å². The van der Waals surface area contributed by atoms with Crippen LogP contribution in [0.4, 0.5) is 0 Å². The molecular formula is C19H26N2O. The molecule has 1 fully saturated rings. The first-order valence-corrected chi connectivity index (χ1v) is 8.79.